The maximum absolute atomic E-state index is 13.0. The predicted octanol–water partition coefficient (Wildman–Crippen LogP) is 3.55. The largest absolute Gasteiger partial charge is 0.478 e. The number of carboxylic acids is 1. The summed E-state index contributed by atoms with van der Waals surface area (Å²) in [5, 5.41) is 12.9. The first-order valence-electron chi connectivity index (χ1n) is 5.37. The molecule has 0 aliphatic carbocycles. The molecule has 0 radical (unpaired) electrons. The molecular weight excluding hydrogens is 297 g/mol. The third-order valence-corrected chi connectivity index (χ3v) is 3.01. The summed E-state index contributed by atoms with van der Waals surface area (Å²) in [4.78, 5) is 10.8. The van der Waals surface area contributed by atoms with Gasteiger partial charge in [0.1, 0.15) is 0 Å². The van der Waals surface area contributed by atoms with Crippen molar-refractivity contribution in [3.63, 3.8) is 0 Å². The van der Waals surface area contributed by atoms with Crippen molar-refractivity contribution in [3.05, 3.63) is 46.2 Å². The van der Waals surface area contributed by atoms with E-state index in [-0.39, 0.29) is 10.7 Å². The van der Waals surface area contributed by atoms with E-state index in [0.717, 1.165) is 16.8 Å². The fraction of sp³-hybridized carbons (Fsp3) is 0.167. The molecule has 0 unspecified atom stereocenters. The Morgan fingerprint density at radius 3 is 2.50 bits per heavy atom. The standard InChI is InChI=1S/C12H8ClF3N2O2/c1-6-9(13)5-18(17-6)10-3-2-7(11(19)20)4-8(10)12(14,15)16/h2-5H,1H3,(H,19,20). The van der Waals surface area contributed by atoms with Gasteiger partial charge in [0.2, 0.25) is 0 Å². The zero-order valence-electron chi connectivity index (χ0n) is 10.1. The van der Waals surface area contributed by atoms with Crippen molar-refractivity contribution in [2.24, 2.45) is 0 Å². The van der Waals surface area contributed by atoms with Crippen LogP contribution in [0.1, 0.15) is 21.6 Å². The number of alkyl halides is 3. The van der Waals surface area contributed by atoms with Crippen LogP contribution in [0.5, 0.6) is 0 Å². The maximum Gasteiger partial charge on any atom is 0.418 e. The van der Waals surface area contributed by atoms with Crippen molar-refractivity contribution < 1.29 is 23.1 Å². The summed E-state index contributed by atoms with van der Waals surface area (Å²) in [6, 6.07) is 2.70. The Labute approximate surface area is 116 Å². The number of benzene rings is 1. The summed E-state index contributed by atoms with van der Waals surface area (Å²) in [5.41, 5.74) is -1.44. The average molecular weight is 305 g/mol. The Balaban J connectivity index is 2.66. The van der Waals surface area contributed by atoms with E-state index in [9.17, 15) is 18.0 Å². The molecule has 2 rings (SSSR count). The Hall–Kier alpha value is -2.02. The van der Waals surface area contributed by atoms with Gasteiger partial charge in [-0.15, -0.1) is 0 Å². The summed E-state index contributed by atoms with van der Waals surface area (Å²) >= 11 is 5.77. The van der Waals surface area contributed by atoms with Gasteiger partial charge < -0.3 is 5.11 Å². The molecule has 0 saturated heterocycles. The Morgan fingerprint density at radius 1 is 1.40 bits per heavy atom. The second-order valence-corrected chi connectivity index (χ2v) is 4.45. The van der Waals surface area contributed by atoms with Crippen LogP contribution in [0.4, 0.5) is 13.2 Å². The minimum atomic E-state index is -4.70. The van der Waals surface area contributed by atoms with Crippen LogP contribution in [0.2, 0.25) is 5.02 Å². The number of hydrogen-bond donors (Lipinski definition) is 1. The highest BCUT2D eigenvalue weighted by Gasteiger charge is 2.35. The molecule has 106 valence electrons. The number of carboxylic acid groups (broad SMARTS) is 1. The number of halogens is 4. The lowest BCUT2D eigenvalue weighted by Gasteiger charge is -2.13. The van der Waals surface area contributed by atoms with Gasteiger partial charge in [-0.25, -0.2) is 9.48 Å². The van der Waals surface area contributed by atoms with Crippen molar-refractivity contribution in [3.8, 4) is 5.69 Å². The molecule has 1 aromatic heterocycles. The number of nitrogens with zero attached hydrogens (tertiary/aromatic N) is 2. The lowest BCUT2D eigenvalue weighted by molar-refractivity contribution is -0.137. The summed E-state index contributed by atoms with van der Waals surface area (Å²) in [7, 11) is 0. The van der Waals surface area contributed by atoms with E-state index in [0.29, 0.717) is 11.8 Å². The van der Waals surface area contributed by atoms with E-state index in [1.165, 1.54) is 6.20 Å². The SMILES string of the molecule is Cc1nn(-c2ccc(C(=O)O)cc2C(F)(F)F)cc1Cl. The van der Waals surface area contributed by atoms with E-state index >= 15 is 0 Å². The number of aryl methyl sites for hydroxylation is 1. The van der Waals surface area contributed by atoms with Gasteiger partial charge in [-0.3, -0.25) is 0 Å². The molecule has 1 heterocycles. The molecule has 0 spiro atoms. The first-order valence-corrected chi connectivity index (χ1v) is 5.74. The zero-order chi connectivity index (χ0) is 15.1. The van der Waals surface area contributed by atoms with Crippen LogP contribution < -0.4 is 0 Å². The van der Waals surface area contributed by atoms with E-state index in [2.05, 4.69) is 5.10 Å². The van der Waals surface area contributed by atoms with Crippen molar-refractivity contribution >= 4 is 17.6 Å². The molecule has 20 heavy (non-hydrogen) atoms. The van der Waals surface area contributed by atoms with Crippen molar-refractivity contribution in [1.82, 2.24) is 9.78 Å². The molecule has 0 aliphatic rings. The molecule has 0 amide bonds. The molecule has 0 atom stereocenters. The van der Waals surface area contributed by atoms with Crippen molar-refractivity contribution in [1.29, 1.82) is 0 Å². The highest BCUT2D eigenvalue weighted by molar-refractivity contribution is 6.31. The molecule has 0 bridgehead atoms. The van der Waals surface area contributed by atoms with Crippen LogP contribution in [-0.2, 0) is 6.18 Å². The molecule has 0 saturated carbocycles. The highest BCUT2D eigenvalue weighted by Crippen LogP contribution is 2.35. The molecular formula is C12H8ClF3N2O2. The predicted molar refractivity (Wildman–Crippen MR) is 65.3 cm³/mol. The summed E-state index contributed by atoms with van der Waals surface area (Å²) in [5.74, 6) is -1.43. The van der Waals surface area contributed by atoms with Gasteiger partial charge in [0, 0.05) is 6.20 Å². The van der Waals surface area contributed by atoms with Gasteiger partial charge in [-0.1, -0.05) is 11.6 Å². The number of carbonyl (C=O) groups is 1. The lowest BCUT2D eigenvalue weighted by Crippen LogP contribution is -2.13. The molecule has 1 aromatic carbocycles. The van der Waals surface area contributed by atoms with E-state index in [4.69, 9.17) is 16.7 Å². The number of hydrogen-bond acceptors (Lipinski definition) is 2. The Morgan fingerprint density at radius 2 is 2.05 bits per heavy atom. The summed E-state index contributed by atoms with van der Waals surface area (Å²) in [6.07, 6.45) is -3.46. The van der Waals surface area contributed by atoms with Gasteiger partial charge in [-0.2, -0.15) is 18.3 Å². The smallest absolute Gasteiger partial charge is 0.418 e. The Bertz CT molecular complexity index is 660. The maximum atomic E-state index is 13.0. The van der Waals surface area contributed by atoms with Crippen LogP contribution in [0.15, 0.2) is 24.4 Å². The van der Waals surface area contributed by atoms with Gasteiger partial charge in [0.25, 0.3) is 0 Å². The first-order chi connectivity index (χ1) is 9.20. The summed E-state index contributed by atoms with van der Waals surface area (Å²) in [6.45, 7) is 1.55. The second kappa shape index (κ2) is 4.82. The van der Waals surface area contributed by atoms with Gasteiger partial charge in [0.15, 0.2) is 0 Å². The lowest BCUT2D eigenvalue weighted by atomic mass is 10.1. The van der Waals surface area contributed by atoms with Crippen molar-refractivity contribution in [2.45, 2.75) is 13.1 Å². The Kier molecular flexibility index (Phi) is 3.47. The molecule has 1 N–H and O–H groups in total. The third kappa shape index (κ3) is 2.62. The normalized spacial score (nSPS) is 11.7. The first kappa shape index (κ1) is 14.4. The molecule has 0 aliphatic heterocycles. The van der Waals surface area contributed by atoms with Gasteiger partial charge in [-0.05, 0) is 25.1 Å². The van der Waals surface area contributed by atoms with Crippen LogP contribution in [-0.4, -0.2) is 20.9 Å². The third-order valence-electron chi connectivity index (χ3n) is 2.63. The van der Waals surface area contributed by atoms with Crippen LogP contribution in [0.25, 0.3) is 5.69 Å². The molecule has 0 fully saturated rings. The average Bonchev–Trinajstić information content (AvgIpc) is 2.67. The van der Waals surface area contributed by atoms with Crippen LogP contribution in [0, 0.1) is 6.92 Å². The quantitative estimate of drug-likeness (QED) is 0.923. The number of aromatic nitrogens is 2. The van der Waals surface area contributed by atoms with E-state index in [1.54, 1.807) is 6.92 Å². The topological polar surface area (TPSA) is 55.1 Å². The minimum absolute atomic E-state index is 0.223. The molecule has 2 aromatic rings. The number of aromatic carboxylic acids is 1. The van der Waals surface area contributed by atoms with Crippen LogP contribution >= 0.6 is 11.6 Å². The zero-order valence-corrected chi connectivity index (χ0v) is 10.8. The van der Waals surface area contributed by atoms with Crippen molar-refractivity contribution in [2.75, 3.05) is 0 Å². The van der Waals surface area contributed by atoms with Crippen LogP contribution in [0.3, 0.4) is 0 Å². The highest BCUT2D eigenvalue weighted by atomic mass is 35.5. The van der Waals surface area contributed by atoms with Gasteiger partial charge in [0.05, 0.1) is 27.5 Å². The fourth-order valence-corrected chi connectivity index (χ4v) is 1.79. The van der Waals surface area contributed by atoms with Gasteiger partial charge >= 0.3 is 12.1 Å². The minimum Gasteiger partial charge on any atom is -0.478 e. The fourth-order valence-electron chi connectivity index (χ4n) is 1.66. The van der Waals surface area contributed by atoms with E-state index in [1.807, 2.05) is 0 Å². The monoisotopic (exact) mass is 304 g/mol. The summed E-state index contributed by atoms with van der Waals surface area (Å²) < 4.78 is 40.0. The second-order valence-electron chi connectivity index (χ2n) is 4.04. The van der Waals surface area contributed by atoms with E-state index < -0.39 is 23.3 Å². The number of rotatable bonds is 2. The molecule has 4 nitrogen and oxygen atoms in total. The molecule has 8 heteroatoms.